The van der Waals surface area contributed by atoms with Gasteiger partial charge in [-0.25, -0.2) is 9.59 Å². The average Bonchev–Trinajstić information content (AvgIpc) is 2.96. The molecule has 0 aliphatic heterocycles. The Morgan fingerprint density at radius 3 is 2.38 bits per heavy atom. The first-order valence-electron chi connectivity index (χ1n) is 9.66. The van der Waals surface area contributed by atoms with Crippen molar-refractivity contribution in [2.45, 2.75) is 60.0 Å². The van der Waals surface area contributed by atoms with Crippen LogP contribution in [0.15, 0.2) is 32.0 Å². The summed E-state index contributed by atoms with van der Waals surface area (Å²) in [6, 6.07) is 2.67. The van der Waals surface area contributed by atoms with Crippen LogP contribution in [0.4, 0.5) is 4.79 Å². The molecule has 0 radical (unpaired) electrons. The molecule has 0 fully saturated rings. The molecule has 7 nitrogen and oxygen atoms in total. The van der Waals surface area contributed by atoms with E-state index in [0.29, 0.717) is 16.7 Å². The van der Waals surface area contributed by atoms with Gasteiger partial charge in [0.25, 0.3) is 0 Å². The maximum absolute atomic E-state index is 12.9. The second-order valence-corrected chi connectivity index (χ2v) is 7.89. The SMILES string of the molecule is Cc1coc2cc3oc(=O)c(CC(=O)N(C(=O)NC(C)C)C(C)C)c(C)c3cc12. The summed E-state index contributed by atoms with van der Waals surface area (Å²) in [6.07, 6.45) is 1.44. The van der Waals surface area contributed by atoms with Crippen molar-refractivity contribution in [1.82, 2.24) is 10.2 Å². The van der Waals surface area contributed by atoms with Crippen LogP contribution in [-0.4, -0.2) is 28.9 Å². The van der Waals surface area contributed by atoms with Gasteiger partial charge in [0.15, 0.2) is 0 Å². The standard InChI is InChI=1S/C22H26N2O5/c1-11(2)23-22(27)24(12(3)4)20(25)8-17-14(6)16-7-15-13(5)10-28-18(15)9-19(16)29-21(17)26/h7,9-12H,8H2,1-6H3,(H,23,27). The summed E-state index contributed by atoms with van der Waals surface area (Å²) in [5.74, 6) is -0.450. The molecular weight excluding hydrogens is 372 g/mol. The second kappa shape index (κ2) is 7.73. The van der Waals surface area contributed by atoms with E-state index in [4.69, 9.17) is 8.83 Å². The fourth-order valence-corrected chi connectivity index (χ4v) is 3.43. The molecule has 0 bridgehead atoms. The highest BCUT2D eigenvalue weighted by Crippen LogP contribution is 2.29. The largest absolute Gasteiger partial charge is 0.464 e. The molecule has 0 spiro atoms. The maximum atomic E-state index is 12.9. The first-order chi connectivity index (χ1) is 13.6. The van der Waals surface area contributed by atoms with E-state index < -0.39 is 17.6 Å². The van der Waals surface area contributed by atoms with Gasteiger partial charge in [-0.05, 0) is 58.7 Å². The number of nitrogens with zero attached hydrogens (tertiary/aromatic N) is 1. The zero-order valence-corrected chi connectivity index (χ0v) is 17.6. The van der Waals surface area contributed by atoms with Gasteiger partial charge in [0.05, 0.1) is 18.2 Å². The van der Waals surface area contributed by atoms with E-state index in [-0.39, 0.29) is 24.1 Å². The van der Waals surface area contributed by atoms with Gasteiger partial charge in [0, 0.05) is 28.9 Å². The Morgan fingerprint density at radius 1 is 1.07 bits per heavy atom. The third-order valence-corrected chi connectivity index (χ3v) is 4.92. The first-order valence-corrected chi connectivity index (χ1v) is 9.66. The fraction of sp³-hybridized carbons (Fsp3) is 0.409. The van der Waals surface area contributed by atoms with Gasteiger partial charge in [-0.15, -0.1) is 0 Å². The number of fused-ring (bicyclic) bond motifs is 2. The van der Waals surface area contributed by atoms with Crippen LogP contribution in [0, 0.1) is 13.8 Å². The normalized spacial score (nSPS) is 11.6. The summed E-state index contributed by atoms with van der Waals surface area (Å²) in [7, 11) is 0. The molecule has 1 aromatic carbocycles. The van der Waals surface area contributed by atoms with Crippen LogP contribution in [0.2, 0.25) is 0 Å². The summed E-state index contributed by atoms with van der Waals surface area (Å²) in [5.41, 5.74) is 2.35. The molecule has 2 heterocycles. The lowest BCUT2D eigenvalue weighted by molar-refractivity contribution is -0.128. The molecule has 0 saturated carbocycles. The van der Waals surface area contributed by atoms with E-state index in [1.54, 1.807) is 33.1 Å². The minimum Gasteiger partial charge on any atom is -0.464 e. The number of furan rings is 1. The predicted molar refractivity (Wildman–Crippen MR) is 111 cm³/mol. The van der Waals surface area contributed by atoms with E-state index in [1.807, 2.05) is 26.8 Å². The zero-order chi connectivity index (χ0) is 21.5. The topological polar surface area (TPSA) is 92.8 Å². The Hall–Kier alpha value is -3.09. The van der Waals surface area contributed by atoms with Gasteiger partial charge < -0.3 is 14.2 Å². The first kappa shape index (κ1) is 20.6. The predicted octanol–water partition coefficient (Wildman–Crippen LogP) is 4.05. The van der Waals surface area contributed by atoms with E-state index in [1.165, 1.54) is 0 Å². The van der Waals surface area contributed by atoms with Crippen LogP contribution in [0.1, 0.15) is 44.4 Å². The molecule has 3 amide bonds. The van der Waals surface area contributed by atoms with Crippen molar-refractivity contribution in [1.29, 1.82) is 0 Å². The highest BCUT2D eigenvalue weighted by molar-refractivity contribution is 5.98. The number of urea groups is 1. The van der Waals surface area contributed by atoms with Gasteiger partial charge >= 0.3 is 11.7 Å². The summed E-state index contributed by atoms with van der Waals surface area (Å²) in [6.45, 7) is 10.9. The number of imide groups is 1. The molecule has 29 heavy (non-hydrogen) atoms. The quantitative estimate of drug-likeness (QED) is 0.669. The zero-order valence-electron chi connectivity index (χ0n) is 17.6. The minimum absolute atomic E-state index is 0.107. The second-order valence-electron chi connectivity index (χ2n) is 7.89. The van der Waals surface area contributed by atoms with Gasteiger partial charge in [-0.3, -0.25) is 9.69 Å². The highest BCUT2D eigenvalue weighted by atomic mass is 16.4. The van der Waals surface area contributed by atoms with Gasteiger partial charge in [-0.1, -0.05) is 0 Å². The summed E-state index contributed by atoms with van der Waals surface area (Å²) in [5, 5.41) is 4.39. The number of benzene rings is 1. The Kier molecular flexibility index (Phi) is 5.50. The molecule has 2 aromatic heterocycles. The number of carbonyl (C=O) groups excluding carboxylic acids is 2. The van der Waals surface area contributed by atoms with E-state index >= 15 is 0 Å². The van der Waals surface area contributed by atoms with Crippen LogP contribution in [0.25, 0.3) is 21.9 Å². The highest BCUT2D eigenvalue weighted by Gasteiger charge is 2.27. The number of amides is 3. The molecule has 0 aliphatic rings. The molecule has 0 unspecified atom stereocenters. The maximum Gasteiger partial charge on any atom is 0.340 e. The van der Waals surface area contributed by atoms with Crippen molar-refractivity contribution in [2.24, 2.45) is 0 Å². The fourth-order valence-electron chi connectivity index (χ4n) is 3.43. The lowest BCUT2D eigenvalue weighted by Crippen LogP contribution is -2.50. The van der Waals surface area contributed by atoms with Crippen LogP contribution < -0.4 is 10.9 Å². The van der Waals surface area contributed by atoms with Gasteiger partial charge in [0.1, 0.15) is 11.2 Å². The Labute approximate surface area is 168 Å². The van der Waals surface area contributed by atoms with Crippen molar-refractivity contribution >= 4 is 33.9 Å². The lowest BCUT2D eigenvalue weighted by Gasteiger charge is -2.26. The smallest absolute Gasteiger partial charge is 0.340 e. The van der Waals surface area contributed by atoms with Crippen molar-refractivity contribution < 1.29 is 18.4 Å². The number of hydrogen-bond acceptors (Lipinski definition) is 5. The molecule has 154 valence electrons. The number of rotatable bonds is 4. The van der Waals surface area contributed by atoms with Gasteiger partial charge in [-0.2, -0.15) is 0 Å². The lowest BCUT2D eigenvalue weighted by atomic mass is 10.0. The molecule has 0 atom stereocenters. The molecule has 0 saturated heterocycles. The summed E-state index contributed by atoms with van der Waals surface area (Å²) in [4.78, 5) is 39.1. The average molecular weight is 398 g/mol. The van der Waals surface area contributed by atoms with Crippen molar-refractivity contribution in [3.05, 3.63) is 45.5 Å². The van der Waals surface area contributed by atoms with Crippen LogP contribution in [-0.2, 0) is 11.2 Å². The molecular formula is C22H26N2O5. The minimum atomic E-state index is -0.584. The molecule has 3 rings (SSSR count). The van der Waals surface area contributed by atoms with Crippen molar-refractivity contribution in [3.63, 3.8) is 0 Å². The summed E-state index contributed by atoms with van der Waals surface area (Å²) >= 11 is 0. The molecule has 1 N–H and O–H groups in total. The summed E-state index contributed by atoms with van der Waals surface area (Å²) < 4.78 is 11.0. The Morgan fingerprint density at radius 2 is 1.76 bits per heavy atom. The van der Waals surface area contributed by atoms with Crippen molar-refractivity contribution in [3.8, 4) is 0 Å². The van der Waals surface area contributed by atoms with E-state index in [9.17, 15) is 14.4 Å². The van der Waals surface area contributed by atoms with Crippen LogP contribution in [0.5, 0.6) is 0 Å². The third-order valence-electron chi connectivity index (χ3n) is 4.92. The van der Waals surface area contributed by atoms with Crippen LogP contribution >= 0.6 is 0 Å². The van der Waals surface area contributed by atoms with Crippen molar-refractivity contribution in [2.75, 3.05) is 0 Å². The third kappa shape index (κ3) is 3.90. The van der Waals surface area contributed by atoms with E-state index in [2.05, 4.69) is 5.32 Å². The Bertz CT molecular complexity index is 1150. The van der Waals surface area contributed by atoms with E-state index in [0.717, 1.165) is 21.2 Å². The number of nitrogens with one attached hydrogen (secondary N) is 1. The van der Waals surface area contributed by atoms with Gasteiger partial charge in [0.2, 0.25) is 5.91 Å². The number of hydrogen-bond donors (Lipinski definition) is 1. The number of aryl methyl sites for hydroxylation is 2. The Balaban J connectivity index is 2.03. The molecule has 3 aromatic rings. The van der Waals surface area contributed by atoms with Crippen LogP contribution in [0.3, 0.4) is 0 Å². The molecule has 7 heteroatoms. The molecule has 0 aliphatic carbocycles. The monoisotopic (exact) mass is 398 g/mol. The number of carbonyl (C=O) groups is 2.